The molecule has 1 unspecified atom stereocenters. The molecule has 0 bridgehead atoms. The predicted molar refractivity (Wildman–Crippen MR) is 119 cm³/mol. The number of methoxy groups -OCH3 is 1. The average molecular weight is 449 g/mol. The molecule has 0 saturated heterocycles. The number of ether oxygens (including phenoxy) is 1. The highest BCUT2D eigenvalue weighted by Gasteiger charge is 2.21. The second-order valence-electron chi connectivity index (χ2n) is 6.94. The van der Waals surface area contributed by atoms with Gasteiger partial charge in [-0.1, -0.05) is 17.8 Å². The summed E-state index contributed by atoms with van der Waals surface area (Å²) in [4.78, 5) is 20.5. The third kappa shape index (κ3) is 4.61. The average Bonchev–Trinajstić information content (AvgIpc) is 3.10. The number of rotatable bonds is 7. The second kappa shape index (κ2) is 8.66. The molecule has 1 atom stereocenters. The quantitative estimate of drug-likeness (QED) is 0.538. The van der Waals surface area contributed by atoms with Gasteiger partial charge in [-0.3, -0.25) is 4.79 Å². The maximum Gasteiger partial charge on any atom is 0.242 e. The number of hydrogen-bond donors (Lipinski definition) is 2. The van der Waals surface area contributed by atoms with Gasteiger partial charge in [0, 0.05) is 25.8 Å². The van der Waals surface area contributed by atoms with E-state index in [0.717, 1.165) is 26.7 Å². The summed E-state index contributed by atoms with van der Waals surface area (Å²) in [7, 11) is 0.943. The highest BCUT2D eigenvalue weighted by molar-refractivity contribution is 8.00. The van der Waals surface area contributed by atoms with E-state index >= 15 is 0 Å². The lowest BCUT2D eigenvalue weighted by Crippen LogP contribution is -2.24. The number of sulfonamides is 1. The zero-order chi connectivity index (χ0) is 22.1. The van der Waals surface area contributed by atoms with E-state index in [1.54, 1.807) is 20.1 Å². The minimum absolute atomic E-state index is 0.125. The number of carbonyl (C=O) groups is 1. The van der Waals surface area contributed by atoms with Crippen molar-refractivity contribution in [2.24, 2.45) is 0 Å². The molecule has 2 aromatic carbocycles. The summed E-state index contributed by atoms with van der Waals surface area (Å²) in [6, 6.07) is 10.2. The third-order valence-electron chi connectivity index (χ3n) is 4.57. The Morgan fingerprint density at radius 1 is 1.23 bits per heavy atom. The van der Waals surface area contributed by atoms with E-state index in [1.165, 1.54) is 38.0 Å². The Morgan fingerprint density at radius 3 is 2.63 bits per heavy atom. The first-order valence-electron chi connectivity index (χ1n) is 9.16. The molecule has 8 nitrogen and oxygen atoms in total. The highest BCUT2D eigenvalue weighted by Crippen LogP contribution is 2.27. The molecule has 10 heteroatoms. The lowest BCUT2D eigenvalue weighted by Gasteiger charge is -2.16. The molecule has 3 rings (SSSR count). The van der Waals surface area contributed by atoms with Crippen LogP contribution >= 0.6 is 11.8 Å². The zero-order valence-electron chi connectivity index (χ0n) is 17.4. The van der Waals surface area contributed by atoms with Gasteiger partial charge in [-0.25, -0.2) is 17.7 Å². The maximum atomic E-state index is 12.7. The number of aryl methyl sites for hydroxylation is 1. The minimum atomic E-state index is -3.59. The van der Waals surface area contributed by atoms with E-state index in [0.29, 0.717) is 10.8 Å². The number of nitrogens with zero attached hydrogens (tertiary/aromatic N) is 2. The molecule has 3 aromatic rings. The van der Waals surface area contributed by atoms with Crippen molar-refractivity contribution < 1.29 is 17.9 Å². The van der Waals surface area contributed by atoms with Gasteiger partial charge in [0.05, 0.1) is 28.3 Å². The summed E-state index contributed by atoms with van der Waals surface area (Å²) in [6.45, 7) is 3.58. The second-order valence-corrected chi connectivity index (χ2v) is 10.4. The standard InChI is InChI=1S/C20H24N4O4S2/c1-12-6-8-15(30(26,27)24(3)4)11-17(12)21-19(25)13(2)29-20-22-16-9-7-14(28-5)10-18(16)23-20/h6-11,13H,1-5H3,(H,21,25)(H,22,23). The van der Waals surface area contributed by atoms with E-state index in [2.05, 4.69) is 15.3 Å². The van der Waals surface area contributed by atoms with Gasteiger partial charge in [0.1, 0.15) is 5.75 Å². The molecule has 30 heavy (non-hydrogen) atoms. The van der Waals surface area contributed by atoms with Gasteiger partial charge in [0.15, 0.2) is 5.16 Å². The van der Waals surface area contributed by atoms with Crippen molar-refractivity contribution in [1.82, 2.24) is 14.3 Å². The van der Waals surface area contributed by atoms with Crippen molar-refractivity contribution in [2.75, 3.05) is 26.5 Å². The van der Waals surface area contributed by atoms with Crippen molar-refractivity contribution in [2.45, 2.75) is 29.1 Å². The Kier molecular flexibility index (Phi) is 6.39. The molecule has 0 aliphatic rings. The number of anilines is 1. The van der Waals surface area contributed by atoms with Crippen molar-refractivity contribution in [3.63, 3.8) is 0 Å². The first-order chi connectivity index (χ1) is 14.1. The molecular formula is C20H24N4O4S2. The van der Waals surface area contributed by atoms with Crippen LogP contribution in [0.3, 0.4) is 0 Å². The van der Waals surface area contributed by atoms with Gasteiger partial charge in [0.2, 0.25) is 15.9 Å². The summed E-state index contributed by atoms with van der Waals surface area (Å²) in [5.41, 5.74) is 2.84. The van der Waals surface area contributed by atoms with Gasteiger partial charge >= 0.3 is 0 Å². The molecule has 0 aliphatic carbocycles. The first kappa shape index (κ1) is 22.1. The number of fused-ring (bicyclic) bond motifs is 1. The van der Waals surface area contributed by atoms with E-state index in [9.17, 15) is 13.2 Å². The number of thioether (sulfide) groups is 1. The van der Waals surface area contributed by atoms with Gasteiger partial charge in [-0.15, -0.1) is 0 Å². The fourth-order valence-corrected chi connectivity index (χ4v) is 4.46. The molecule has 0 saturated carbocycles. The normalized spacial score (nSPS) is 12.9. The summed E-state index contributed by atoms with van der Waals surface area (Å²) in [6.07, 6.45) is 0. The molecule has 0 fully saturated rings. The number of H-pyrrole nitrogens is 1. The Bertz CT molecular complexity index is 1190. The fraction of sp³-hybridized carbons (Fsp3) is 0.300. The molecule has 1 heterocycles. The summed E-state index contributed by atoms with van der Waals surface area (Å²) in [5, 5.41) is 2.98. The van der Waals surface area contributed by atoms with Crippen LogP contribution in [0.1, 0.15) is 12.5 Å². The van der Waals surface area contributed by atoms with Crippen LogP contribution in [0.25, 0.3) is 11.0 Å². The van der Waals surface area contributed by atoms with Crippen LogP contribution < -0.4 is 10.1 Å². The van der Waals surface area contributed by atoms with Crippen molar-refractivity contribution in [3.8, 4) is 5.75 Å². The van der Waals surface area contributed by atoms with Gasteiger partial charge in [0.25, 0.3) is 0 Å². The third-order valence-corrected chi connectivity index (χ3v) is 7.37. The number of nitrogens with one attached hydrogen (secondary N) is 2. The molecule has 2 N–H and O–H groups in total. The van der Waals surface area contributed by atoms with Crippen LogP contribution in [-0.4, -0.2) is 55.1 Å². The first-order valence-corrected chi connectivity index (χ1v) is 11.5. The van der Waals surface area contributed by atoms with E-state index < -0.39 is 15.3 Å². The molecule has 1 amide bonds. The molecule has 1 aromatic heterocycles. The topological polar surface area (TPSA) is 104 Å². The van der Waals surface area contributed by atoms with E-state index in [4.69, 9.17) is 4.74 Å². The Morgan fingerprint density at radius 2 is 1.97 bits per heavy atom. The number of hydrogen-bond acceptors (Lipinski definition) is 6. The Labute approximate surface area is 180 Å². The number of benzene rings is 2. The van der Waals surface area contributed by atoms with Gasteiger partial charge in [-0.05, 0) is 43.7 Å². The van der Waals surface area contributed by atoms with Gasteiger partial charge < -0.3 is 15.0 Å². The largest absolute Gasteiger partial charge is 0.497 e. The molecule has 160 valence electrons. The smallest absolute Gasteiger partial charge is 0.242 e. The number of aromatic amines is 1. The molecule has 0 spiro atoms. The van der Waals surface area contributed by atoms with Gasteiger partial charge in [-0.2, -0.15) is 0 Å². The predicted octanol–water partition coefficient (Wildman–Crippen LogP) is 3.25. The lowest BCUT2D eigenvalue weighted by molar-refractivity contribution is -0.115. The van der Waals surface area contributed by atoms with E-state index in [-0.39, 0.29) is 10.8 Å². The van der Waals surface area contributed by atoms with Crippen LogP contribution in [0.2, 0.25) is 0 Å². The fourth-order valence-electron chi connectivity index (χ4n) is 2.71. The van der Waals surface area contributed by atoms with Crippen molar-refractivity contribution in [1.29, 1.82) is 0 Å². The Balaban J connectivity index is 1.76. The SMILES string of the molecule is COc1ccc2nc(SC(C)C(=O)Nc3cc(S(=O)(=O)N(C)C)ccc3C)[nH]c2c1. The van der Waals surface area contributed by atoms with Crippen LogP contribution in [0.15, 0.2) is 46.5 Å². The monoisotopic (exact) mass is 448 g/mol. The van der Waals surface area contributed by atoms with Crippen LogP contribution in [-0.2, 0) is 14.8 Å². The van der Waals surface area contributed by atoms with Crippen LogP contribution in [0, 0.1) is 6.92 Å². The molecular weight excluding hydrogens is 424 g/mol. The maximum absolute atomic E-state index is 12.7. The summed E-state index contributed by atoms with van der Waals surface area (Å²) < 4.78 is 31.1. The lowest BCUT2D eigenvalue weighted by atomic mass is 10.2. The molecule has 0 aliphatic heterocycles. The van der Waals surface area contributed by atoms with Crippen molar-refractivity contribution >= 4 is 44.4 Å². The number of aromatic nitrogens is 2. The van der Waals surface area contributed by atoms with Crippen LogP contribution in [0.5, 0.6) is 5.75 Å². The summed E-state index contributed by atoms with van der Waals surface area (Å²) in [5.74, 6) is 0.470. The highest BCUT2D eigenvalue weighted by atomic mass is 32.2. The Hall–Kier alpha value is -2.56. The van der Waals surface area contributed by atoms with Crippen LogP contribution in [0.4, 0.5) is 5.69 Å². The molecule has 0 radical (unpaired) electrons. The van der Waals surface area contributed by atoms with E-state index in [1.807, 2.05) is 25.1 Å². The van der Waals surface area contributed by atoms with Crippen molar-refractivity contribution in [3.05, 3.63) is 42.0 Å². The summed E-state index contributed by atoms with van der Waals surface area (Å²) >= 11 is 1.28. The number of amides is 1. The minimum Gasteiger partial charge on any atom is -0.497 e. The number of imidazole rings is 1. The number of carbonyl (C=O) groups excluding carboxylic acids is 1. The zero-order valence-corrected chi connectivity index (χ0v) is 19.0.